The minimum absolute atomic E-state index is 0.210. The van der Waals surface area contributed by atoms with Crippen LogP contribution < -0.4 is 0 Å². The van der Waals surface area contributed by atoms with Crippen LogP contribution in [0.25, 0.3) is 0 Å². The van der Waals surface area contributed by atoms with E-state index >= 15 is 0 Å². The lowest BCUT2D eigenvalue weighted by Gasteiger charge is -1.94. The van der Waals surface area contributed by atoms with E-state index < -0.39 is 11.9 Å². The quantitative estimate of drug-likeness (QED) is 0.288. The molecule has 0 spiro atoms. The van der Waals surface area contributed by atoms with E-state index in [2.05, 4.69) is 11.7 Å². The van der Waals surface area contributed by atoms with Crippen molar-refractivity contribution >= 4 is 11.9 Å². The van der Waals surface area contributed by atoms with E-state index in [1.165, 1.54) is 0 Å². The van der Waals surface area contributed by atoms with Crippen molar-refractivity contribution in [3.63, 3.8) is 0 Å². The van der Waals surface area contributed by atoms with Gasteiger partial charge in [-0.1, -0.05) is 31.9 Å². The second kappa shape index (κ2) is 4.80. The van der Waals surface area contributed by atoms with Crippen LogP contribution in [0.5, 0.6) is 0 Å². The number of hydrogen-bond donors (Lipinski definition) is 0. The highest BCUT2D eigenvalue weighted by atomic mass is 16.6. The molecule has 1 saturated heterocycles. The van der Waals surface area contributed by atoms with Crippen molar-refractivity contribution in [2.45, 2.75) is 32.6 Å². The first-order chi connectivity index (χ1) is 6.24. The minimum Gasteiger partial charge on any atom is -0.393 e. The zero-order valence-electron chi connectivity index (χ0n) is 7.79. The maximum atomic E-state index is 11.0. The Morgan fingerprint density at radius 2 is 2.31 bits per heavy atom. The van der Waals surface area contributed by atoms with E-state index in [0.717, 1.165) is 19.3 Å². The monoisotopic (exact) mass is 182 g/mol. The van der Waals surface area contributed by atoms with Crippen LogP contribution in [0.4, 0.5) is 0 Å². The van der Waals surface area contributed by atoms with Crippen LogP contribution in [-0.2, 0) is 14.3 Å². The molecule has 0 aliphatic carbocycles. The van der Waals surface area contributed by atoms with Gasteiger partial charge >= 0.3 is 11.9 Å². The summed E-state index contributed by atoms with van der Waals surface area (Å²) < 4.78 is 4.40. The van der Waals surface area contributed by atoms with Gasteiger partial charge in [-0.25, -0.2) is 0 Å². The average Bonchev–Trinajstić information content (AvgIpc) is 2.39. The number of allylic oxidation sites excluding steroid dienone is 1. The third-order valence-electron chi connectivity index (χ3n) is 2.00. The molecule has 1 heterocycles. The van der Waals surface area contributed by atoms with Gasteiger partial charge in [-0.15, -0.1) is 0 Å². The Morgan fingerprint density at radius 3 is 2.85 bits per heavy atom. The lowest BCUT2D eigenvalue weighted by atomic mass is 10.1. The van der Waals surface area contributed by atoms with Crippen molar-refractivity contribution in [2.24, 2.45) is 5.92 Å². The standard InChI is InChI=1S/C10H14O3/c1-2-3-4-5-6-8-7-9(11)13-10(8)12/h5-6,8H,2-4,7H2,1H3/b6-5+. The summed E-state index contributed by atoms with van der Waals surface area (Å²) in [7, 11) is 0. The summed E-state index contributed by atoms with van der Waals surface area (Å²) in [5, 5.41) is 0. The zero-order chi connectivity index (χ0) is 9.68. The Kier molecular flexibility index (Phi) is 3.68. The molecule has 1 aliphatic heterocycles. The smallest absolute Gasteiger partial charge is 0.321 e. The molecule has 3 heteroatoms. The van der Waals surface area contributed by atoms with Crippen molar-refractivity contribution in [1.82, 2.24) is 0 Å². The summed E-state index contributed by atoms with van der Waals surface area (Å²) in [6.07, 6.45) is 7.16. The van der Waals surface area contributed by atoms with Gasteiger partial charge < -0.3 is 4.74 Å². The van der Waals surface area contributed by atoms with Crippen LogP contribution in [-0.4, -0.2) is 11.9 Å². The highest BCUT2D eigenvalue weighted by Gasteiger charge is 2.30. The van der Waals surface area contributed by atoms with Crippen molar-refractivity contribution in [3.8, 4) is 0 Å². The molecule has 1 unspecified atom stereocenters. The van der Waals surface area contributed by atoms with E-state index in [9.17, 15) is 9.59 Å². The van der Waals surface area contributed by atoms with E-state index in [1.54, 1.807) is 6.08 Å². The topological polar surface area (TPSA) is 43.4 Å². The third-order valence-corrected chi connectivity index (χ3v) is 2.00. The first kappa shape index (κ1) is 9.96. The SMILES string of the molecule is CCCC/C=C/C1CC(=O)OC1=O. The number of esters is 2. The van der Waals surface area contributed by atoms with E-state index in [-0.39, 0.29) is 12.3 Å². The molecule has 1 rings (SSSR count). The van der Waals surface area contributed by atoms with Gasteiger partial charge in [0.1, 0.15) is 0 Å². The van der Waals surface area contributed by atoms with Gasteiger partial charge in [0.05, 0.1) is 12.3 Å². The molecule has 0 bridgehead atoms. The molecule has 0 N–H and O–H groups in total. The number of carbonyl (C=O) groups is 2. The summed E-state index contributed by atoms with van der Waals surface area (Å²) in [4.78, 5) is 21.6. The fraction of sp³-hybridized carbons (Fsp3) is 0.600. The summed E-state index contributed by atoms with van der Waals surface area (Å²) in [5.74, 6) is -1.14. The summed E-state index contributed by atoms with van der Waals surface area (Å²) >= 11 is 0. The van der Waals surface area contributed by atoms with Gasteiger partial charge in [0.2, 0.25) is 0 Å². The zero-order valence-corrected chi connectivity index (χ0v) is 7.79. The molecule has 1 atom stereocenters. The van der Waals surface area contributed by atoms with Crippen molar-refractivity contribution in [2.75, 3.05) is 0 Å². The number of unbranched alkanes of at least 4 members (excludes halogenated alkanes) is 2. The average molecular weight is 182 g/mol. The maximum Gasteiger partial charge on any atom is 0.321 e. The number of rotatable bonds is 4. The molecule has 0 amide bonds. The molecular formula is C10H14O3. The van der Waals surface area contributed by atoms with Gasteiger partial charge in [0.25, 0.3) is 0 Å². The lowest BCUT2D eigenvalue weighted by Crippen LogP contribution is -2.03. The molecule has 0 radical (unpaired) electrons. The van der Waals surface area contributed by atoms with Crippen molar-refractivity contribution < 1.29 is 14.3 Å². The van der Waals surface area contributed by atoms with Crippen LogP contribution >= 0.6 is 0 Å². The van der Waals surface area contributed by atoms with Gasteiger partial charge in [-0.05, 0) is 6.42 Å². The van der Waals surface area contributed by atoms with Crippen molar-refractivity contribution in [1.29, 1.82) is 0 Å². The molecule has 0 aromatic carbocycles. The second-order valence-electron chi connectivity index (χ2n) is 3.17. The molecule has 0 saturated carbocycles. The van der Waals surface area contributed by atoms with Crippen LogP contribution in [0.2, 0.25) is 0 Å². The molecule has 0 aromatic heterocycles. The van der Waals surface area contributed by atoms with Crippen LogP contribution in [0.1, 0.15) is 32.6 Å². The van der Waals surface area contributed by atoms with Crippen molar-refractivity contribution in [3.05, 3.63) is 12.2 Å². The maximum absolute atomic E-state index is 11.0. The molecular weight excluding hydrogens is 168 g/mol. The van der Waals surface area contributed by atoms with E-state index in [4.69, 9.17) is 0 Å². The number of cyclic esters (lactones) is 2. The summed E-state index contributed by atoms with van der Waals surface area (Å²) in [6.45, 7) is 2.11. The Bertz CT molecular complexity index is 230. The minimum atomic E-state index is -0.407. The Balaban J connectivity index is 2.32. The molecule has 0 aromatic rings. The van der Waals surface area contributed by atoms with Crippen LogP contribution in [0, 0.1) is 5.92 Å². The predicted octanol–water partition coefficient (Wildman–Crippen LogP) is 1.82. The third kappa shape index (κ3) is 3.01. The van der Waals surface area contributed by atoms with E-state index in [0.29, 0.717) is 0 Å². The fourth-order valence-electron chi connectivity index (χ4n) is 1.22. The first-order valence-electron chi connectivity index (χ1n) is 4.65. The van der Waals surface area contributed by atoms with Gasteiger partial charge in [-0.3, -0.25) is 9.59 Å². The molecule has 1 fully saturated rings. The normalized spacial score (nSPS) is 22.7. The lowest BCUT2D eigenvalue weighted by molar-refractivity contribution is -0.152. The number of carbonyl (C=O) groups excluding carboxylic acids is 2. The Morgan fingerprint density at radius 1 is 1.54 bits per heavy atom. The fourth-order valence-corrected chi connectivity index (χ4v) is 1.22. The Labute approximate surface area is 77.8 Å². The summed E-state index contributed by atoms with van der Waals surface area (Å²) in [6, 6.07) is 0. The largest absolute Gasteiger partial charge is 0.393 e. The molecule has 72 valence electrons. The highest BCUT2D eigenvalue weighted by Crippen LogP contribution is 2.17. The summed E-state index contributed by atoms with van der Waals surface area (Å²) in [5.41, 5.74) is 0. The van der Waals surface area contributed by atoms with Gasteiger partial charge in [-0.2, -0.15) is 0 Å². The predicted molar refractivity (Wildman–Crippen MR) is 47.9 cm³/mol. The number of hydrogen-bond acceptors (Lipinski definition) is 3. The Hall–Kier alpha value is -1.12. The first-order valence-corrected chi connectivity index (χ1v) is 4.65. The van der Waals surface area contributed by atoms with Gasteiger partial charge in [0, 0.05) is 0 Å². The van der Waals surface area contributed by atoms with Gasteiger partial charge in [0.15, 0.2) is 0 Å². The van der Waals surface area contributed by atoms with Crippen LogP contribution in [0.3, 0.4) is 0 Å². The molecule has 13 heavy (non-hydrogen) atoms. The van der Waals surface area contributed by atoms with Crippen LogP contribution in [0.15, 0.2) is 12.2 Å². The second-order valence-corrected chi connectivity index (χ2v) is 3.17. The number of ether oxygens (including phenoxy) is 1. The highest BCUT2D eigenvalue weighted by molar-refractivity contribution is 5.95. The molecule has 3 nitrogen and oxygen atoms in total. The van der Waals surface area contributed by atoms with E-state index in [1.807, 2.05) is 6.08 Å². The molecule has 1 aliphatic rings.